The van der Waals surface area contributed by atoms with Crippen LogP contribution in [0.15, 0.2) is 84.9 Å². The number of rotatable bonds is 6. The van der Waals surface area contributed by atoms with Crippen molar-refractivity contribution >= 4 is 39.1 Å². The zero-order chi connectivity index (χ0) is 24.5. The van der Waals surface area contributed by atoms with Gasteiger partial charge in [0.05, 0.1) is 24.9 Å². The van der Waals surface area contributed by atoms with E-state index in [0.29, 0.717) is 39.2 Å². The summed E-state index contributed by atoms with van der Waals surface area (Å²) in [5.74, 6) is -0.829. The van der Waals surface area contributed by atoms with E-state index in [2.05, 4.69) is 5.32 Å². The molecule has 4 aromatic carbocycles. The number of para-hydroxylation sites is 2. The Hall–Kier alpha value is -4.78. The van der Waals surface area contributed by atoms with Crippen molar-refractivity contribution in [2.24, 2.45) is 0 Å². The second-order valence-electron chi connectivity index (χ2n) is 8.12. The first-order valence-corrected chi connectivity index (χ1v) is 11.0. The number of ether oxygens (including phenoxy) is 1. The van der Waals surface area contributed by atoms with Gasteiger partial charge in [-0.15, -0.1) is 0 Å². The van der Waals surface area contributed by atoms with Gasteiger partial charge in [0.1, 0.15) is 5.75 Å². The number of hydrogen-bond donors (Lipinski definition) is 3. The van der Waals surface area contributed by atoms with Crippen molar-refractivity contribution in [3.8, 4) is 17.3 Å². The average Bonchev–Trinajstić information content (AvgIpc) is 3.12. The van der Waals surface area contributed by atoms with E-state index < -0.39 is 5.97 Å². The van der Waals surface area contributed by atoms with Gasteiger partial charge in [0, 0.05) is 22.0 Å². The van der Waals surface area contributed by atoms with Gasteiger partial charge in [-0.25, -0.2) is 0 Å². The van der Waals surface area contributed by atoms with E-state index >= 15 is 0 Å². The second kappa shape index (κ2) is 8.87. The van der Waals surface area contributed by atoms with Crippen LogP contribution >= 0.6 is 0 Å². The Bertz CT molecular complexity index is 1590. The van der Waals surface area contributed by atoms with Crippen molar-refractivity contribution in [1.29, 1.82) is 0 Å². The first-order chi connectivity index (χ1) is 17.0. The fourth-order valence-corrected chi connectivity index (χ4v) is 4.32. The lowest BCUT2D eigenvalue weighted by atomic mass is 10.0. The third kappa shape index (κ3) is 4.04. The molecule has 0 spiro atoms. The van der Waals surface area contributed by atoms with E-state index in [0.717, 1.165) is 10.8 Å². The van der Waals surface area contributed by atoms with Crippen molar-refractivity contribution in [1.82, 2.24) is 4.57 Å². The fourth-order valence-electron chi connectivity index (χ4n) is 4.32. The minimum atomic E-state index is -1.03. The van der Waals surface area contributed by atoms with Gasteiger partial charge in [-0.1, -0.05) is 36.4 Å². The number of anilines is 1. The summed E-state index contributed by atoms with van der Waals surface area (Å²) in [4.78, 5) is 24.8. The average molecular weight is 466 g/mol. The van der Waals surface area contributed by atoms with Crippen molar-refractivity contribution in [3.63, 3.8) is 0 Å². The topological polar surface area (TPSA) is 101 Å². The Morgan fingerprint density at radius 1 is 0.886 bits per heavy atom. The van der Waals surface area contributed by atoms with E-state index in [1.54, 1.807) is 55.6 Å². The molecule has 7 nitrogen and oxygen atoms in total. The highest BCUT2D eigenvalue weighted by atomic mass is 16.5. The van der Waals surface area contributed by atoms with Crippen LogP contribution in [0.3, 0.4) is 0 Å². The number of carboxylic acid groups (broad SMARTS) is 1. The minimum absolute atomic E-state index is 0.0897. The number of nitrogens with one attached hydrogen (secondary N) is 1. The summed E-state index contributed by atoms with van der Waals surface area (Å²) in [6, 6.07) is 25.1. The number of benzene rings is 4. The van der Waals surface area contributed by atoms with E-state index in [1.807, 2.05) is 36.4 Å². The summed E-state index contributed by atoms with van der Waals surface area (Å²) < 4.78 is 6.65. The first-order valence-electron chi connectivity index (χ1n) is 11.0. The van der Waals surface area contributed by atoms with Crippen LogP contribution in [0.25, 0.3) is 27.2 Å². The molecular weight excluding hydrogens is 444 g/mol. The van der Waals surface area contributed by atoms with Crippen molar-refractivity contribution in [2.45, 2.75) is 6.42 Å². The maximum absolute atomic E-state index is 13.0. The largest absolute Gasteiger partial charge is 0.497 e. The quantitative estimate of drug-likeness (QED) is 0.312. The molecule has 0 radical (unpaired) electrons. The predicted molar refractivity (Wildman–Crippen MR) is 135 cm³/mol. The Morgan fingerprint density at radius 2 is 1.51 bits per heavy atom. The van der Waals surface area contributed by atoms with E-state index in [9.17, 15) is 19.8 Å². The molecule has 0 bridgehead atoms. The SMILES string of the molecule is COc1ccc(C(=O)Nc2ccccc2-n2c(O)c3cc4ccccc4cc3c2CC(=O)O)cc1. The van der Waals surface area contributed by atoms with Crippen LogP contribution < -0.4 is 10.1 Å². The molecule has 1 aromatic heterocycles. The summed E-state index contributed by atoms with van der Waals surface area (Å²) in [5.41, 5.74) is 1.74. The summed E-state index contributed by atoms with van der Waals surface area (Å²) >= 11 is 0. The molecule has 0 unspecified atom stereocenters. The number of nitrogens with zero attached hydrogens (tertiary/aromatic N) is 1. The number of hydrogen-bond acceptors (Lipinski definition) is 4. The molecule has 5 rings (SSSR count). The van der Waals surface area contributed by atoms with Gasteiger partial charge in [-0.2, -0.15) is 0 Å². The third-order valence-electron chi connectivity index (χ3n) is 5.98. The van der Waals surface area contributed by atoms with Gasteiger partial charge in [-0.3, -0.25) is 14.2 Å². The van der Waals surface area contributed by atoms with Gasteiger partial charge in [0.15, 0.2) is 0 Å². The molecule has 0 atom stereocenters. The lowest BCUT2D eigenvalue weighted by Gasteiger charge is -2.15. The van der Waals surface area contributed by atoms with Gasteiger partial charge >= 0.3 is 5.97 Å². The first kappa shape index (κ1) is 22.0. The summed E-state index contributed by atoms with van der Waals surface area (Å²) in [6.45, 7) is 0. The molecule has 35 heavy (non-hydrogen) atoms. The van der Waals surface area contributed by atoms with Crippen LogP contribution in [-0.4, -0.2) is 33.8 Å². The number of aromatic nitrogens is 1. The number of carboxylic acids is 1. The van der Waals surface area contributed by atoms with Crippen molar-refractivity contribution < 1.29 is 24.5 Å². The van der Waals surface area contributed by atoms with Gasteiger partial charge in [0.25, 0.3) is 5.91 Å². The van der Waals surface area contributed by atoms with E-state index in [1.165, 1.54) is 4.57 Å². The zero-order valence-electron chi connectivity index (χ0n) is 18.9. The monoisotopic (exact) mass is 466 g/mol. The predicted octanol–water partition coefficient (Wildman–Crippen LogP) is 5.38. The highest BCUT2D eigenvalue weighted by Crippen LogP contribution is 2.39. The number of aromatic hydroxyl groups is 1. The normalized spacial score (nSPS) is 11.0. The van der Waals surface area contributed by atoms with Crippen LogP contribution in [0.5, 0.6) is 11.6 Å². The van der Waals surface area contributed by atoms with E-state index in [4.69, 9.17) is 4.74 Å². The highest BCUT2D eigenvalue weighted by Gasteiger charge is 2.22. The molecule has 0 aliphatic carbocycles. The second-order valence-corrected chi connectivity index (χ2v) is 8.12. The molecule has 0 aliphatic heterocycles. The summed E-state index contributed by atoms with van der Waals surface area (Å²) in [7, 11) is 1.55. The molecule has 7 heteroatoms. The number of amides is 1. The zero-order valence-corrected chi connectivity index (χ0v) is 18.9. The lowest BCUT2D eigenvalue weighted by molar-refractivity contribution is -0.136. The molecule has 1 heterocycles. The molecule has 0 aliphatic rings. The summed E-state index contributed by atoms with van der Waals surface area (Å²) in [5, 5.41) is 26.9. The van der Waals surface area contributed by atoms with Crippen LogP contribution in [0.4, 0.5) is 5.69 Å². The number of aliphatic carboxylic acids is 1. The Balaban J connectivity index is 1.66. The van der Waals surface area contributed by atoms with Crippen LogP contribution in [-0.2, 0) is 11.2 Å². The van der Waals surface area contributed by atoms with Crippen molar-refractivity contribution in [2.75, 3.05) is 12.4 Å². The van der Waals surface area contributed by atoms with Crippen LogP contribution in [0.1, 0.15) is 16.1 Å². The van der Waals surface area contributed by atoms with Gasteiger partial charge < -0.3 is 20.3 Å². The fraction of sp³-hybridized carbons (Fsp3) is 0.0714. The number of methoxy groups -OCH3 is 1. The van der Waals surface area contributed by atoms with E-state index in [-0.39, 0.29) is 18.2 Å². The molecule has 0 saturated heterocycles. The maximum Gasteiger partial charge on any atom is 0.309 e. The van der Waals surface area contributed by atoms with Crippen molar-refractivity contribution in [3.05, 3.63) is 96.2 Å². The number of fused-ring (bicyclic) bond motifs is 2. The molecule has 174 valence electrons. The Morgan fingerprint density at radius 3 is 2.17 bits per heavy atom. The highest BCUT2D eigenvalue weighted by molar-refractivity contribution is 6.06. The standard InChI is InChI=1S/C28H22N2O5/c1-35-20-12-10-17(11-13-20)27(33)29-23-8-4-5-9-24(23)30-25(16-26(31)32)21-14-18-6-2-3-7-19(18)15-22(21)28(30)34/h2-15,34H,16H2,1H3,(H,29,33)(H,31,32). The minimum Gasteiger partial charge on any atom is -0.497 e. The molecule has 5 aromatic rings. The van der Waals surface area contributed by atoms with Gasteiger partial charge in [0.2, 0.25) is 5.88 Å². The molecule has 0 saturated carbocycles. The molecule has 1 amide bonds. The Labute approximate surface area is 200 Å². The molecule has 0 fully saturated rings. The maximum atomic E-state index is 13.0. The van der Waals surface area contributed by atoms with Crippen LogP contribution in [0.2, 0.25) is 0 Å². The summed E-state index contributed by atoms with van der Waals surface area (Å²) in [6.07, 6.45) is -0.309. The van der Waals surface area contributed by atoms with Gasteiger partial charge in [-0.05, 0) is 59.3 Å². The number of carbonyl (C=O) groups excluding carboxylic acids is 1. The Kier molecular flexibility index (Phi) is 5.58. The molecule has 3 N–H and O–H groups in total. The molecular formula is C28H22N2O5. The smallest absolute Gasteiger partial charge is 0.309 e. The third-order valence-corrected chi connectivity index (χ3v) is 5.98. The van der Waals surface area contributed by atoms with Crippen LogP contribution in [0, 0.1) is 0 Å². The lowest BCUT2D eigenvalue weighted by Crippen LogP contribution is -2.15. The number of carbonyl (C=O) groups is 2.